The minimum absolute atomic E-state index is 0.0250. The second kappa shape index (κ2) is 9.21. The van der Waals surface area contributed by atoms with E-state index in [1.807, 2.05) is 0 Å². The van der Waals surface area contributed by atoms with E-state index in [1.165, 1.54) is 66.2 Å². The molecule has 0 N–H and O–H groups in total. The molecule has 0 saturated heterocycles. The second-order valence-corrected chi connectivity index (χ2v) is 6.41. The number of esters is 2. The monoisotopic (exact) mass is 414 g/mol. The summed E-state index contributed by atoms with van der Waals surface area (Å²) >= 11 is 0. The fourth-order valence-corrected chi connectivity index (χ4v) is 2.89. The highest BCUT2D eigenvalue weighted by molar-refractivity contribution is 6.00. The number of Topliss-reactive ketones (excluding diaryl/α,β-unsaturated/α-hetero) is 2. The highest BCUT2D eigenvalue weighted by Gasteiger charge is 2.24. The maximum absolute atomic E-state index is 12.1. The van der Waals surface area contributed by atoms with Crippen LogP contribution in [0.1, 0.15) is 48.4 Å². The van der Waals surface area contributed by atoms with Crippen LogP contribution in [0.5, 0.6) is 23.0 Å². The lowest BCUT2D eigenvalue weighted by molar-refractivity contribution is -0.132. The predicted molar refractivity (Wildman–Crippen MR) is 108 cm³/mol. The number of methoxy groups -OCH3 is 2. The third-order valence-corrected chi connectivity index (χ3v) is 4.13. The maximum Gasteiger partial charge on any atom is 0.308 e. The molecule has 0 aliphatic heterocycles. The molecule has 2 aromatic rings. The molecule has 30 heavy (non-hydrogen) atoms. The summed E-state index contributed by atoms with van der Waals surface area (Å²) in [5, 5.41) is 0. The van der Waals surface area contributed by atoms with Gasteiger partial charge in [0.1, 0.15) is 0 Å². The Morgan fingerprint density at radius 3 is 1.17 bits per heavy atom. The molecule has 0 amide bonds. The summed E-state index contributed by atoms with van der Waals surface area (Å²) in [7, 11) is 2.74. The Balaban J connectivity index is 2.96. The first-order valence-corrected chi connectivity index (χ1v) is 8.92. The summed E-state index contributed by atoms with van der Waals surface area (Å²) in [5.41, 5.74) is 1.11. The molecule has 0 aromatic heterocycles. The number of rotatable bonds is 7. The molecule has 8 heteroatoms. The summed E-state index contributed by atoms with van der Waals surface area (Å²) in [4.78, 5) is 47.3. The number of benzene rings is 2. The van der Waals surface area contributed by atoms with E-state index < -0.39 is 11.9 Å². The molecule has 2 rings (SSSR count). The van der Waals surface area contributed by atoms with Crippen molar-refractivity contribution in [2.24, 2.45) is 0 Å². The molecule has 158 valence electrons. The van der Waals surface area contributed by atoms with E-state index in [0.717, 1.165) is 0 Å². The minimum atomic E-state index is -0.606. The average molecular weight is 414 g/mol. The lowest BCUT2D eigenvalue weighted by Gasteiger charge is -2.19. The summed E-state index contributed by atoms with van der Waals surface area (Å²) < 4.78 is 21.4. The van der Waals surface area contributed by atoms with Crippen molar-refractivity contribution in [1.82, 2.24) is 0 Å². The Morgan fingerprint density at radius 1 is 0.600 bits per heavy atom. The molecular formula is C22H22O8. The fraction of sp³-hybridized carbons (Fsp3) is 0.273. The molecule has 8 nitrogen and oxygen atoms in total. The molecule has 0 aliphatic rings. The van der Waals surface area contributed by atoms with Gasteiger partial charge in [-0.05, 0) is 38.1 Å². The Kier molecular flexibility index (Phi) is 6.94. The van der Waals surface area contributed by atoms with Gasteiger partial charge >= 0.3 is 11.9 Å². The van der Waals surface area contributed by atoms with Crippen molar-refractivity contribution >= 4 is 23.5 Å². The lowest BCUT2D eigenvalue weighted by atomic mass is 9.96. The van der Waals surface area contributed by atoms with Gasteiger partial charge < -0.3 is 18.9 Å². The largest absolute Gasteiger partial charge is 0.492 e. The maximum atomic E-state index is 12.1. The van der Waals surface area contributed by atoms with Gasteiger partial charge in [-0.1, -0.05) is 0 Å². The van der Waals surface area contributed by atoms with Crippen LogP contribution in [0.25, 0.3) is 11.1 Å². The Bertz CT molecular complexity index is 952. The summed E-state index contributed by atoms with van der Waals surface area (Å²) in [6.07, 6.45) is 0. The van der Waals surface area contributed by atoms with Gasteiger partial charge in [0, 0.05) is 36.1 Å². The number of hydrogen-bond acceptors (Lipinski definition) is 8. The van der Waals surface area contributed by atoms with Crippen LogP contribution in [-0.4, -0.2) is 37.7 Å². The molecule has 0 saturated carbocycles. The van der Waals surface area contributed by atoms with Crippen LogP contribution >= 0.6 is 0 Å². The minimum Gasteiger partial charge on any atom is -0.492 e. The van der Waals surface area contributed by atoms with E-state index in [1.54, 1.807) is 0 Å². The van der Waals surface area contributed by atoms with Gasteiger partial charge in [0.05, 0.1) is 14.2 Å². The zero-order valence-electron chi connectivity index (χ0n) is 17.6. The van der Waals surface area contributed by atoms with E-state index in [4.69, 9.17) is 18.9 Å². The molecule has 0 unspecified atom stereocenters. The summed E-state index contributed by atoms with van der Waals surface area (Å²) in [6.45, 7) is 5.15. The van der Waals surface area contributed by atoms with Gasteiger partial charge in [-0.15, -0.1) is 0 Å². The van der Waals surface area contributed by atoms with Crippen molar-refractivity contribution in [1.29, 1.82) is 0 Å². The number of carbonyl (C=O) groups is 4. The van der Waals surface area contributed by atoms with Crippen LogP contribution in [0.3, 0.4) is 0 Å². The van der Waals surface area contributed by atoms with Crippen LogP contribution in [0.4, 0.5) is 0 Å². The van der Waals surface area contributed by atoms with Crippen LogP contribution < -0.4 is 18.9 Å². The Morgan fingerprint density at radius 2 is 0.933 bits per heavy atom. The van der Waals surface area contributed by atoms with Crippen molar-refractivity contribution in [3.05, 3.63) is 35.4 Å². The van der Waals surface area contributed by atoms with E-state index in [-0.39, 0.29) is 45.7 Å². The second-order valence-electron chi connectivity index (χ2n) is 6.41. The van der Waals surface area contributed by atoms with Gasteiger partial charge in [0.15, 0.2) is 34.6 Å². The molecule has 0 atom stereocenters. The normalized spacial score (nSPS) is 10.2. The fourth-order valence-electron chi connectivity index (χ4n) is 2.89. The van der Waals surface area contributed by atoms with E-state index in [2.05, 4.69) is 0 Å². The lowest BCUT2D eigenvalue weighted by Crippen LogP contribution is -2.08. The zero-order valence-corrected chi connectivity index (χ0v) is 17.6. The topological polar surface area (TPSA) is 105 Å². The van der Waals surface area contributed by atoms with E-state index in [0.29, 0.717) is 11.1 Å². The van der Waals surface area contributed by atoms with Crippen molar-refractivity contribution in [2.75, 3.05) is 14.2 Å². The van der Waals surface area contributed by atoms with Gasteiger partial charge in [0.25, 0.3) is 0 Å². The Hall–Kier alpha value is -3.68. The zero-order chi connectivity index (χ0) is 22.6. The highest BCUT2D eigenvalue weighted by atomic mass is 16.6. The summed E-state index contributed by atoms with van der Waals surface area (Å²) in [5.74, 6) is -1.45. The summed E-state index contributed by atoms with van der Waals surface area (Å²) in [6, 6.07) is 5.82. The van der Waals surface area contributed by atoms with Crippen LogP contribution in [0, 0.1) is 0 Å². The van der Waals surface area contributed by atoms with Gasteiger partial charge in [-0.25, -0.2) is 0 Å². The van der Waals surface area contributed by atoms with Crippen molar-refractivity contribution in [3.63, 3.8) is 0 Å². The molecule has 0 radical (unpaired) electrons. The first-order chi connectivity index (χ1) is 14.1. The van der Waals surface area contributed by atoms with Gasteiger partial charge in [-0.3, -0.25) is 19.2 Å². The number of ether oxygens (including phenoxy) is 4. The molecule has 0 aliphatic carbocycles. The van der Waals surface area contributed by atoms with Gasteiger partial charge in [0.2, 0.25) is 0 Å². The SMILES string of the molecule is COc1c(OC(C)=O)cc(C(C)=O)cc1-c1cc(C(C)=O)cc(OC(C)=O)c1OC. The number of hydrogen-bond donors (Lipinski definition) is 0. The average Bonchev–Trinajstić information content (AvgIpc) is 2.65. The standard InChI is InChI=1S/C22H22O8/c1-11(23)15-7-17(21(27-5)19(9-15)29-13(3)25)18-8-16(12(2)24)10-20(22(18)28-6)30-14(4)26/h7-10H,1-6H3. The molecule has 2 aromatic carbocycles. The van der Waals surface area contributed by atoms with Crippen LogP contribution in [0.15, 0.2) is 24.3 Å². The molecule has 0 spiro atoms. The van der Waals surface area contributed by atoms with Crippen LogP contribution in [0.2, 0.25) is 0 Å². The highest BCUT2D eigenvalue weighted by Crippen LogP contribution is 2.46. The van der Waals surface area contributed by atoms with Crippen LogP contribution in [-0.2, 0) is 9.59 Å². The van der Waals surface area contributed by atoms with Crippen molar-refractivity contribution in [3.8, 4) is 34.1 Å². The third kappa shape index (κ3) is 4.83. The molecule has 0 fully saturated rings. The molecular weight excluding hydrogens is 392 g/mol. The van der Waals surface area contributed by atoms with Crippen molar-refractivity contribution in [2.45, 2.75) is 27.7 Å². The first kappa shape index (κ1) is 22.6. The quantitative estimate of drug-likeness (QED) is 0.384. The van der Waals surface area contributed by atoms with E-state index in [9.17, 15) is 19.2 Å². The van der Waals surface area contributed by atoms with Crippen molar-refractivity contribution < 1.29 is 38.1 Å². The first-order valence-electron chi connectivity index (χ1n) is 8.92. The van der Waals surface area contributed by atoms with E-state index >= 15 is 0 Å². The van der Waals surface area contributed by atoms with Gasteiger partial charge in [-0.2, -0.15) is 0 Å². The number of carbonyl (C=O) groups excluding carboxylic acids is 4. The number of ketones is 2. The molecule has 0 heterocycles. The predicted octanol–water partition coefficient (Wildman–Crippen LogP) is 3.63. The molecule has 0 bridgehead atoms. The smallest absolute Gasteiger partial charge is 0.308 e. The third-order valence-electron chi connectivity index (χ3n) is 4.13. The Labute approximate surface area is 173 Å².